The summed E-state index contributed by atoms with van der Waals surface area (Å²) >= 11 is 0. The maximum atomic E-state index is 13.0. The Morgan fingerprint density at radius 1 is 1.13 bits per heavy atom. The van der Waals surface area contributed by atoms with Gasteiger partial charge in [-0.3, -0.25) is 14.9 Å². The van der Waals surface area contributed by atoms with Crippen LogP contribution in [0.5, 0.6) is 0 Å². The lowest BCUT2D eigenvalue weighted by Gasteiger charge is -2.21. The molecule has 2 N–H and O–H groups in total. The molecule has 0 aromatic heterocycles. The van der Waals surface area contributed by atoms with E-state index in [2.05, 4.69) is 10.6 Å². The van der Waals surface area contributed by atoms with Gasteiger partial charge >= 0.3 is 6.18 Å². The van der Waals surface area contributed by atoms with Crippen molar-refractivity contribution < 1.29 is 22.9 Å². The van der Waals surface area contributed by atoms with Crippen molar-refractivity contribution in [2.75, 3.05) is 5.32 Å². The van der Waals surface area contributed by atoms with E-state index in [1.54, 1.807) is 13.8 Å². The first-order chi connectivity index (χ1) is 14.0. The predicted molar refractivity (Wildman–Crippen MR) is 108 cm³/mol. The van der Waals surface area contributed by atoms with Gasteiger partial charge in [-0.2, -0.15) is 13.2 Å². The fourth-order valence-corrected chi connectivity index (χ4v) is 3.07. The summed E-state index contributed by atoms with van der Waals surface area (Å²) in [6.07, 6.45) is -3.26. The number of hydrogen-bond donors (Lipinski definition) is 2. The number of hydrogen-bond acceptors (Lipinski definition) is 4. The van der Waals surface area contributed by atoms with Crippen LogP contribution >= 0.6 is 0 Å². The van der Waals surface area contributed by atoms with Gasteiger partial charge in [0.15, 0.2) is 0 Å². The average molecular weight is 423 g/mol. The molecule has 0 saturated carbocycles. The zero-order valence-corrected chi connectivity index (χ0v) is 16.9. The zero-order valence-electron chi connectivity index (χ0n) is 16.9. The molecule has 162 valence electrons. The third kappa shape index (κ3) is 5.71. The summed E-state index contributed by atoms with van der Waals surface area (Å²) < 4.78 is 38.5. The highest BCUT2D eigenvalue weighted by Gasteiger charge is 2.30. The highest BCUT2D eigenvalue weighted by Crippen LogP contribution is 2.32. The number of nitrogens with zero attached hydrogens (tertiary/aromatic N) is 1. The fourth-order valence-electron chi connectivity index (χ4n) is 3.07. The van der Waals surface area contributed by atoms with E-state index in [-0.39, 0.29) is 23.0 Å². The van der Waals surface area contributed by atoms with Crippen molar-refractivity contribution in [1.82, 2.24) is 5.32 Å². The molecule has 0 aliphatic carbocycles. The first kappa shape index (κ1) is 23.2. The maximum Gasteiger partial charge on any atom is 0.416 e. The van der Waals surface area contributed by atoms with Crippen molar-refractivity contribution in [2.24, 2.45) is 0 Å². The second-order valence-corrected chi connectivity index (χ2v) is 7.19. The Bertz CT molecular complexity index is 897. The van der Waals surface area contributed by atoms with E-state index in [0.717, 1.165) is 12.1 Å². The number of carbonyl (C=O) groups excluding carboxylic acids is 1. The smallest absolute Gasteiger partial charge is 0.377 e. The molecule has 30 heavy (non-hydrogen) atoms. The number of amides is 1. The molecule has 0 heterocycles. The van der Waals surface area contributed by atoms with E-state index in [1.165, 1.54) is 30.3 Å². The number of carbonyl (C=O) groups is 1. The van der Waals surface area contributed by atoms with Crippen LogP contribution < -0.4 is 10.6 Å². The van der Waals surface area contributed by atoms with Crippen molar-refractivity contribution >= 4 is 17.3 Å². The van der Waals surface area contributed by atoms with Crippen molar-refractivity contribution in [3.8, 4) is 0 Å². The van der Waals surface area contributed by atoms with Crippen LogP contribution in [0.2, 0.25) is 0 Å². The molecule has 0 bridgehead atoms. The van der Waals surface area contributed by atoms with Crippen LogP contribution in [0, 0.1) is 10.1 Å². The zero-order chi connectivity index (χ0) is 22.5. The van der Waals surface area contributed by atoms with Crippen LogP contribution in [0.25, 0.3) is 0 Å². The molecule has 9 heteroatoms. The van der Waals surface area contributed by atoms with E-state index in [1.807, 2.05) is 6.92 Å². The number of halogens is 3. The minimum absolute atomic E-state index is 0.103. The van der Waals surface area contributed by atoms with Crippen LogP contribution in [0.15, 0.2) is 42.5 Å². The van der Waals surface area contributed by atoms with Gasteiger partial charge < -0.3 is 10.6 Å². The molecular weight excluding hydrogens is 399 g/mol. The van der Waals surface area contributed by atoms with Gasteiger partial charge in [0, 0.05) is 12.1 Å². The SMILES string of the molecule is CCC[C@H](NC(=O)c1cccc([N+](=O)[O-])c1NC(C)C)c1ccc(C(F)(F)F)cc1. The van der Waals surface area contributed by atoms with Gasteiger partial charge in [0.25, 0.3) is 11.6 Å². The Labute approximate surface area is 172 Å². The van der Waals surface area contributed by atoms with Gasteiger partial charge in [0.05, 0.1) is 22.1 Å². The topological polar surface area (TPSA) is 84.3 Å². The van der Waals surface area contributed by atoms with Gasteiger partial charge in [-0.25, -0.2) is 0 Å². The van der Waals surface area contributed by atoms with Gasteiger partial charge in [0.2, 0.25) is 0 Å². The van der Waals surface area contributed by atoms with Crippen LogP contribution in [-0.4, -0.2) is 16.9 Å². The van der Waals surface area contributed by atoms with E-state index in [9.17, 15) is 28.1 Å². The number of para-hydroxylation sites is 1. The third-order valence-electron chi connectivity index (χ3n) is 4.44. The number of nitrogens with one attached hydrogen (secondary N) is 2. The molecule has 2 rings (SSSR count). The molecule has 0 fully saturated rings. The quantitative estimate of drug-likeness (QED) is 0.421. The summed E-state index contributed by atoms with van der Waals surface area (Å²) in [4.78, 5) is 23.8. The molecule has 0 radical (unpaired) electrons. The van der Waals surface area contributed by atoms with E-state index in [0.29, 0.717) is 18.4 Å². The largest absolute Gasteiger partial charge is 0.416 e. The lowest BCUT2D eigenvalue weighted by atomic mass is 9.99. The molecule has 0 spiro atoms. The number of anilines is 1. The molecule has 2 aromatic rings. The summed E-state index contributed by atoms with van der Waals surface area (Å²) in [6, 6.07) is 8.14. The molecule has 0 unspecified atom stereocenters. The predicted octanol–water partition coefficient (Wildman–Crippen LogP) is 5.71. The van der Waals surface area contributed by atoms with Crippen LogP contribution in [0.4, 0.5) is 24.5 Å². The van der Waals surface area contributed by atoms with Gasteiger partial charge in [-0.1, -0.05) is 31.5 Å². The van der Waals surface area contributed by atoms with Crippen LogP contribution in [0.3, 0.4) is 0 Å². The Hall–Kier alpha value is -3.10. The van der Waals surface area contributed by atoms with Gasteiger partial charge in [-0.05, 0) is 44.0 Å². The monoisotopic (exact) mass is 423 g/mol. The molecule has 0 aliphatic heterocycles. The number of nitro groups is 1. The Morgan fingerprint density at radius 2 is 1.77 bits per heavy atom. The lowest BCUT2D eigenvalue weighted by Crippen LogP contribution is -2.30. The number of rotatable bonds is 8. The fraction of sp³-hybridized carbons (Fsp3) is 0.381. The Morgan fingerprint density at radius 3 is 2.27 bits per heavy atom. The van der Waals surface area contributed by atoms with Crippen molar-refractivity contribution in [1.29, 1.82) is 0 Å². The normalized spacial score (nSPS) is 12.5. The van der Waals surface area contributed by atoms with E-state index in [4.69, 9.17) is 0 Å². The molecule has 2 aromatic carbocycles. The standard InChI is InChI=1S/C21H24F3N3O3/c1-4-6-17(14-9-11-15(12-10-14)21(22,23)24)26-20(28)16-7-5-8-18(27(29)30)19(16)25-13(2)3/h5,7-13,17,25H,4,6H2,1-3H3,(H,26,28)/t17-/m0/s1. The number of benzene rings is 2. The number of nitro benzene ring substituents is 1. The van der Waals surface area contributed by atoms with Gasteiger partial charge in [-0.15, -0.1) is 0 Å². The van der Waals surface area contributed by atoms with Crippen molar-refractivity contribution in [3.63, 3.8) is 0 Å². The summed E-state index contributed by atoms with van der Waals surface area (Å²) in [6.45, 7) is 5.48. The summed E-state index contributed by atoms with van der Waals surface area (Å²) in [5.41, 5.74) is -0.251. The first-order valence-corrected chi connectivity index (χ1v) is 9.56. The second kappa shape index (κ2) is 9.60. The van der Waals surface area contributed by atoms with E-state index >= 15 is 0 Å². The van der Waals surface area contributed by atoms with Crippen LogP contribution in [-0.2, 0) is 6.18 Å². The minimum atomic E-state index is -4.44. The molecule has 6 nitrogen and oxygen atoms in total. The first-order valence-electron chi connectivity index (χ1n) is 9.56. The third-order valence-corrected chi connectivity index (χ3v) is 4.44. The molecule has 1 amide bonds. The minimum Gasteiger partial charge on any atom is -0.377 e. The van der Waals surface area contributed by atoms with Crippen molar-refractivity contribution in [2.45, 2.75) is 51.9 Å². The van der Waals surface area contributed by atoms with Crippen molar-refractivity contribution in [3.05, 3.63) is 69.3 Å². The average Bonchev–Trinajstić information content (AvgIpc) is 2.66. The summed E-state index contributed by atoms with van der Waals surface area (Å²) in [7, 11) is 0. The molecule has 0 saturated heterocycles. The molecule has 0 aliphatic rings. The summed E-state index contributed by atoms with van der Waals surface area (Å²) in [5.74, 6) is -0.541. The lowest BCUT2D eigenvalue weighted by molar-refractivity contribution is -0.384. The second-order valence-electron chi connectivity index (χ2n) is 7.19. The Balaban J connectivity index is 2.35. The maximum absolute atomic E-state index is 13.0. The molecular formula is C21H24F3N3O3. The molecule has 1 atom stereocenters. The number of alkyl halides is 3. The highest BCUT2D eigenvalue weighted by molar-refractivity contribution is 6.01. The highest BCUT2D eigenvalue weighted by atomic mass is 19.4. The van der Waals surface area contributed by atoms with E-state index < -0.39 is 28.6 Å². The Kier molecular flexibility index (Phi) is 7.42. The van der Waals surface area contributed by atoms with Gasteiger partial charge in [0.1, 0.15) is 5.69 Å². The summed E-state index contributed by atoms with van der Waals surface area (Å²) in [5, 5.41) is 17.1. The van der Waals surface area contributed by atoms with Crippen LogP contribution in [0.1, 0.15) is 61.1 Å².